The van der Waals surface area contributed by atoms with E-state index < -0.39 is 0 Å². The van der Waals surface area contributed by atoms with Crippen molar-refractivity contribution in [2.45, 2.75) is 20.3 Å². The number of aryl methyl sites for hydroxylation is 1. The van der Waals surface area contributed by atoms with Crippen molar-refractivity contribution in [3.05, 3.63) is 57.0 Å². The normalized spacial score (nSPS) is 17.0. The van der Waals surface area contributed by atoms with Crippen molar-refractivity contribution >= 4 is 50.7 Å². The van der Waals surface area contributed by atoms with Crippen LogP contribution in [0.25, 0.3) is 0 Å². The van der Waals surface area contributed by atoms with Crippen molar-refractivity contribution in [3.63, 3.8) is 0 Å². The second-order valence-electron chi connectivity index (χ2n) is 6.24. The summed E-state index contributed by atoms with van der Waals surface area (Å²) < 4.78 is 0.768. The number of carbonyl (C=O) groups excluding carboxylic acids is 2. The first kappa shape index (κ1) is 18.0. The predicted molar refractivity (Wildman–Crippen MR) is 104 cm³/mol. The maximum atomic E-state index is 12.5. The topological polar surface area (TPSA) is 49.4 Å². The first-order valence-corrected chi connectivity index (χ1v) is 9.16. The number of carbonyl (C=O) groups is 2. The zero-order chi connectivity index (χ0) is 18.1. The molecular weight excluding hydrogens is 404 g/mol. The predicted octanol–water partition coefficient (Wildman–Crippen LogP) is 4.71. The molecular formula is C19H18BrClN2O2. The number of hydrogen-bond donors (Lipinski definition) is 1. The molecule has 2 aromatic carbocycles. The average Bonchev–Trinajstić information content (AvgIpc) is 2.95. The van der Waals surface area contributed by atoms with Gasteiger partial charge in [0.15, 0.2) is 0 Å². The molecule has 1 aliphatic rings. The number of rotatable bonds is 3. The van der Waals surface area contributed by atoms with Gasteiger partial charge < -0.3 is 10.2 Å². The van der Waals surface area contributed by atoms with E-state index in [9.17, 15) is 9.59 Å². The van der Waals surface area contributed by atoms with Gasteiger partial charge in [-0.25, -0.2) is 0 Å². The summed E-state index contributed by atoms with van der Waals surface area (Å²) in [6.07, 6.45) is 0.212. The fourth-order valence-corrected chi connectivity index (χ4v) is 3.39. The van der Waals surface area contributed by atoms with Gasteiger partial charge in [-0.1, -0.05) is 23.7 Å². The van der Waals surface area contributed by atoms with E-state index in [2.05, 4.69) is 21.2 Å². The van der Waals surface area contributed by atoms with Crippen molar-refractivity contribution in [2.24, 2.45) is 5.92 Å². The Bertz CT molecular complexity index is 853. The summed E-state index contributed by atoms with van der Waals surface area (Å²) in [6, 6.07) is 11.1. The minimum atomic E-state index is -0.380. The molecule has 1 heterocycles. The molecule has 2 aromatic rings. The summed E-state index contributed by atoms with van der Waals surface area (Å²) in [4.78, 5) is 26.7. The molecule has 0 spiro atoms. The molecule has 0 aromatic heterocycles. The third-order valence-electron chi connectivity index (χ3n) is 4.55. The first-order valence-electron chi connectivity index (χ1n) is 7.99. The zero-order valence-corrected chi connectivity index (χ0v) is 16.3. The van der Waals surface area contributed by atoms with Gasteiger partial charge in [0, 0.05) is 28.8 Å². The molecule has 0 aliphatic carbocycles. The summed E-state index contributed by atoms with van der Waals surface area (Å²) in [5.41, 5.74) is 3.70. The maximum absolute atomic E-state index is 12.5. The first-order chi connectivity index (χ1) is 11.9. The number of benzene rings is 2. The lowest BCUT2D eigenvalue weighted by molar-refractivity contribution is -0.122. The van der Waals surface area contributed by atoms with Crippen LogP contribution in [0.3, 0.4) is 0 Å². The second-order valence-corrected chi connectivity index (χ2v) is 7.50. The summed E-state index contributed by atoms with van der Waals surface area (Å²) >= 11 is 9.38. The Morgan fingerprint density at radius 1 is 1.28 bits per heavy atom. The van der Waals surface area contributed by atoms with Crippen molar-refractivity contribution in [1.29, 1.82) is 0 Å². The zero-order valence-electron chi connectivity index (χ0n) is 14.0. The van der Waals surface area contributed by atoms with E-state index in [1.165, 1.54) is 0 Å². The number of nitrogens with one attached hydrogen (secondary N) is 1. The molecule has 1 aliphatic heterocycles. The molecule has 3 rings (SSSR count). The van der Waals surface area contributed by atoms with E-state index in [1.807, 2.05) is 32.0 Å². The fourth-order valence-electron chi connectivity index (χ4n) is 2.96. The molecule has 0 unspecified atom stereocenters. The van der Waals surface area contributed by atoms with Gasteiger partial charge in [-0.2, -0.15) is 0 Å². The van der Waals surface area contributed by atoms with Crippen LogP contribution in [0.1, 0.15) is 17.5 Å². The molecule has 1 N–H and O–H groups in total. The van der Waals surface area contributed by atoms with Crippen LogP contribution in [0.15, 0.2) is 40.9 Å². The van der Waals surface area contributed by atoms with Gasteiger partial charge >= 0.3 is 0 Å². The molecule has 6 heteroatoms. The maximum Gasteiger partial charge on any atom is 0.229 e. The number of amides is 2. The Morgan fingerprint density at radius 2 is 2.04 bits per heavy atom. The van der Waals surface area contributed by atoms with E-state index in [0.29, 0.717) is 17.3 Å². The van der Waals surface area contributed by atoms with Gasteiger partial charge in [0.25, 0.3) is 0 Å². The Kier molecular flexibility index (Phi) is 5.16. The number of anilines is 2. The molecule has 1 atom stereocenters. The Morgan fingerprint density at radius 3 is 2.76 bits per heavy atom. The number of hydrogen-bond acceptors (Lipinski definition) is 2. The van der Waals surface area contributed by atoms with E-state index in [1.54, 1.807) is 23.1 Å². The van der Waals surface area contributed by atoms with Crippen LogP contribution in [-0.2, 0) is 9.59 Å². The molecule has 2 amide bonds. The minimum Gasteiger partial charge on any atom is -0.326 e. The lowest BCUT2D eigenvalue weighted by Gasteiger charge is -2.20. The molecule has 1 fully saturated rings. The van der Waals surface area contributed by atoms with Gasteiger partial charge in [0.2, 0.25) is 11.8 Å². The highest BCUT2D eigenvalue weighted by Gasteiger charge is 2.35. The molecule has 0 radical (unpaired) electrons. The number of halogens is 2. The lowest BCUT2D eigenvalue weighted by Crippen LogP contribution is -2.28. The molecule has 0 saturated carbocycles. The van der Waals surface area contributed by atoms with Crippen molar-refractivity contribution in [3.8, 4) is 0 Å². The van der Waals surface area contributed by atoms with Gasteiger partial charge in [-0.05, 0) is 65.2 Å². The standard InChI is InChI=1S/C19H18BrClN2O2/c1-11-4-3-5-17(12(11)2)23-10-13(8-18(23)24)19(25)22-14-6-7-15(20)16(21)9-14/h3-7,9,13H,8,10H2,1-2H3,(H,22,25)/t13-/m0/s1. The van der Waals surface area contributed by atoms with Crippen molar-refractivity contribution < 1.29 is 9.59 Å². The summed E-state index contributed by atoms with van der Waals surface area (Å²) in [7, 11) is 0. The summed E-state index contributed by atoms with van der Waals surface area (Å²) in [5.74, 6) is -0.572. The van der Waals surface area contributed by atoms with Gasteiger partial charge in [-0.3, -0.25) is 9.59 Å². The smallest absolute Gasteiger partial charge is 0.229 e. The van der Waals surface area contributed by atoms with E-state index in [4.69, 9.17) is 11.6 Å². The monoisotopic (exact) mass is 420 g/mol. The SMILES string of the molecule is Cc1cccc(N2C[C@@H](C(=O)Nc3ccc(Br)c(Cl)c3)CC2=O)c1C. The highest BCUT2D eigenvalue weighted by Crippen LogP contribution is 2.30. The van der Waals surface area contributed by atoms with Crippen LogP contribution < -0.4 is 10.2 Å². The van der Waals surface area contributed by atoms with Crippen LogP contribution >= 0.6 is 27.5 Å². The summed E-state index contributed by atoms with van der Waals surface area (Å²) in [5, 5.41) is 3.37. The van der Waals surface area contributed by atoms with E-state index in [-0.39, 0.29) is 24.2 Å². The van der Waals surface area contributed by atoms with Crippen LogP contribution in [0.5, 0.6) is 0 Å². The average molecular weight is 422 g/mol. The van der Waals surface area contributed by atoms with Crippen molar-refractivity contribution in [1.82, 2.24) is 0 Å². The highest BCUT2D eigenvalue weighted by molar-refractivity contribution is 9.10. The largest absolute Gasteiger partial charge is 0.326 e. The van der Waals surface area contributed by atoms with Gasteiger partial charge in [0.1, 0.15) is 0 Å². The van der Waals surface area contributed by atoms with Crippen LogP contribution in [-0.4, -0.2) is 18.4 Å². The van der Waals surface area contributed by atoms with E-state index >= 15 is 0 Å². The van der Waals surface area contributed by atoms with Gasteiger partial charge in [-0.15, -0.1) is 0 Å². The fraction of sp³-hybridized carbons (Fsp3) is 0.263. The Labute approximate surface area is 160 Å². The number of nitrogens with zero attached hydrogens (tertiary/aromatic N) is 1. The quantitative estimate of drug-likeness (QED) is 0.780. The lowest BCUT2D eigenvalue weighted by atomic mass is 10.1. The second kappa shape index (κ2) is 7.18. The summed E-state index contributed by atoms with van der Waals surface area (Å²) in [6.45, 7) is 4.40. The van der Waals surface area contributed by atoms with Crippen LogP contribution in [0.2, 0.25) is 5.02 Å². The molecule has 1 saturated heterocycles. The molecule has 0 bridgehead atoms. The van der Waals surface area contributed by atoms with Crippen LogP contribution in [0.4, 0.5) is 11.4 Å². The Balaban J connectivity index is 1.74. The minimum absolute atomic E-state index is 0.0253. The molecule has 25 heavy (non-hydrogen) atoms. The highest BCUT2D eigenvalue weighted by atomic mass is 79.9. The van der Waals surface area contributed by atoms with Crippen molar-refractivity contribution in [2.75, 3.05) is 16.8 Å². The molecule has 130 valence electrons. The van der Waals surface area contributed by atoms with Gasteiger partial charge in [0.05, 0.1) is 10.9 Å². The third kappa shape index (κ3) is 3.72. The molecule has 4 nitrogen and oxygen atoms in total. The van der Waals surface area contributed by atoms with Crippen LogP contribution in [0, 0.1) is 19.8 Å². The van der Waals surface area contributed by atoms with E-state index in [0.717, 1.165) is 21.3 Å². The third-order valence-corrected chi connectivity index (χ3v) is 5.78. The Hall–Kier alpha value is -1.85.